The molecule has 2 aromatic rings. The van der Waals surface area contributed by atoms with Crippen LogP contribution in [0.15, 0.2) is 36.4 Å². The quantitative estimate of drug-likeness (QED) is 0.834. The molecule has 0 amide bonds. The Labute approximate surface area is 120 Å². The molecule has 2 rings (SSSR count). The van der Waals surface area contributed by atoms with Gasteiger partial charge in [0.15, 0.2) is 0 Å². The number of hydrogen-bond acceptors (Lipinski definition) is 3. The zero-order valence-corrected chi connectivity index (χ0v) is 12.1. The summed E-state index contributed by atoms with van der Waals surface area (Å²) in [5.41, 5.74) is 4.81. The Kier molecular flexibility index (Phi) is 4.48. The minimum Gasteiger partial charge on any atom is -0.489 e. The monoisotopic (exact) mass is 270 g/mol. The number of benzene rings is 2. The first-order chi connectivity index (χ1) is 9.47. The van der Waals surface area contributed by atoms with E-state index in [2.05, 4.69) is 18.2 Å². The fraction of sp³-hybridized carbons (Fsp3) is 0.250. The second kappa shape index (κ2) is 6.12. The predicted octanol–water partition coefficient (Wildman–Crippen LogP) is 1.87. The highest BCUT2D eigenvalue weighted by Crippen LogP contribution is 2.16. The van der Waals surface area contributed by atoms with Crippen molar-refractivity contribution in [2.24, 2.45) is 0 Å². The van der Waals surface area contributed by atoms with E-state index in [4.69, 9.17) is 4.74 Å². The third-order valence-corrected chi connectivity index (χ3v) is 3.33. The third-order valence-electron chi connectivity index (χ3n) is 3.33. The van der Waals surface area contributed by atoms with Crippen LogP contribution in [0.25, 0.3) is 0 Å². The first kappa shape index (κ1) is 14.6. The van der Waals surface area contributed by atoms with Crippen LogP contribution < -0.4 is 10.2 Å². The van der Waals surface area contributed by atoms with Gasteiger partial charge in [-0.15, -0.1) is 0 Å². The smallest absolute Gasteiger partial charge is 0.489 e. The van der Waals surface area contributed by atoms with Gasteiger partial charge in [0.25, 0.3) is 0 Å². The van der Waals surface area contributed by atoms with Crippen molar-refractivity contribution in [3.05, 3.63) is 58.7 Å². The molecule has 20 heavy (non-hydrogen) atoms. The normalized spacial score (nSPS) is 10.4. The molecule has 104 valence electrons. The van der Waals surface area contributed by atoms with Crippen LogP contribution in [-0.2, 0) is 6.61 Å². The van der Waals surface area contributed by atoms with Gasteiger partial charge in [-0.1, -0.05) is 41.5 Å². The van der Waals surface area contributed by atoms with Gasteiger partial charge in [-0.25, -0.2) is 0 Å². The Balaban J connectivity index is 2.20. The van der Waals surface area contributed by atoms with E-state index >= 15 is 0 Å². The van der Waals surface area contributed by atoms with Crippen LogP contribution >= 0.6 is 0 Å². The van der Waals surface area contributed by atoms with Crippen molar-refractivity contribution in [3.8, 4) is 5.75 Å². The van der Waals surface area contributed by atoms with Gasteiger partial charge in [0.05, 0.1) is 0 Å². The molecule has 0 radical (unpaired) electrons. The van der Waals surface area contributed by atoms with Crippen LogP contribution in [0.4, 0.5) is 0 Å². The van der Waals surface area contributed by atoms with Gasteiger partial charge < -0.3 is 14.8 Å². The van der Waals surface area contributed by atoms with Gasteiger partial charge in [0.1, 0.15) is 12.4 Å². The maximum atomic E-state index is 9.40. The Bertz CT molecular complexity index is 609. The van der Waals surface area contributed by atoms with E-state index in [0.717, 1.165) is 16.7 Å². The lowest BCUT2D eigenvalue weighted by Crippen LogP contribution is -2.31. The molecule has 2 N–H and O–H groups in total. The highest BCUT2D eigenvalue weighted by molar-refractivity contribution is 6.59. The Morgan fingerprint density at radius 2 is 1.60 bits per heavy atom. The van der Waals surface area contributed by atoms with Crippen LogP contribution in [-0.4, -0.2) is 17.2 Å². The van der Waals surface area contributed by atoms with E-state index in [1.54, 1.807) is 12.1 Å². The minimum absolute atomic E-state index is 0.398. The summed E-state index contributed by atoms with van der Waals surface area (Å²) in [5.74, 6) is 0.506. The summed E-state index contributed by atoms with van der Waals surface area (Å²) in [5, 5.41) is 18.8. The summed E-state index contributed by atoms with van der Waals surface area (Å²) >= 11 is 0. The second-order valence-corrected chi connectivity index (χ2v) is 5.13. The van der Waals surface area contributed by atoms with Crippen molar-refractivity contribution in [3.63, 3.8) is 0 Å². The van der Waals surface area contributed by atoms with Crippen molar-refractivity contribution >= 4 is 12.6 Å². The lowest BCUT2D eigenvalue weighted by molar-refractivity contribution is 0.306. The summed E-state index contributed by atoms with van der Waals surface area (Å²) in [4.78, 5) is 0. The van der Waals surface area contributed by atoms with Crippen molar-refractivity contribution < 1.29 is 14.8 Å². The molecule has 0 aliphatic rings. The lowest BCUT2D eigenvalue weighted by Gasteiger charge is -2.13. The van der Waals surface area contributed by atoms with Crippen LogP contribution in [0.2, 0.25) is 0 Å². The fourth-order valence-electron chi connectivity index (χ4n) is 2.11. The molecule has 0 fully saturated rings. The molecular weight excluding hydrogens is 251 g/mol. The molecule has 0 heterocycles. The molecule has 0 atom stereocenters. The van der Waals surface area contributed by atoms with E-state index in [-0.39, 0.29) is 0 Å². The Morgan fingerprint density at radius 1 is 0.950 bits per heavy atom. The summed E-state index contributed by atoms with van der Waals surface area (Å²) < 4.78 is 5.76. The van der Waals surface area contributed by atoms with Crippen molar-refractivity contribution in [1.82, 2.24) is 0 Å². The van der Waals surface area contributed by atoms with Gasteiger partial charge in [-0.2, -0.15) is 0 Å². The predicted molar refractivity (Wildman–Crippen MR) is 81.3 cm³/mol. The molecule has 0 bridgehead atoms. The zero-order valence-electron chi connectivity index (χ0n) is 12.1. The van der Waals surface area contributed by atoms with E-state index in [1.807, 2.05) is 26.8 Å². The molecule has 0 aliphatic carbocycles. The molecule has 0 spiro atoms. The van der Waals surface area contributed by atoms with Crippen molar-refractivity contribution in [2.45, 2.75) is 27.4 Å². The maximum absolute atomic E-state index is 9.40. The van der Waals surface area contributed by atoms with Crippen LogP contribution in [0.1, 0.15) is 22.3 Å². The maximum Gasteiger partial charge on any atom is 0.492 e. The number of hydrogen-bond donors (Lipinski definition) is 2. The van der Waals surface area contributed by atoms with Gasteiger partial charge in [0.2, 0.25) is 0 Å². The summed E-state index contributed by atoms with van der Waals surface area (Å²) in [6, 6.07) is 11.6. The highest BCUT2D eigenvalue weighted by Gasteiger charge is 2.17. The molecule has 0 aromatic heterocycles. The first-order valence-corrected chi connectivity index (χ1v) is 6.63. The number of rotatable bonds is 4. The number of aryl methyl sites for hydroxylation is 3. The van der Waals surface area contributed by atoms with Crippen LogP contribution in [0.5, 0.6) is 5.75 Å². The first-order valence-electron chi connectivity index (χ1n) is 6.63. The molecule has 3 nitrogen and oxygen atoms in total. The molecule has 4 heteroatoms. The summed E-state index contributed by atoms with van der Waals surface area (Å²) in [6.45, 7) is 6.39. The summed E-state index contributed by atoms with van der Waals surface area (Å²) in [7, 11) is -1.52. The lowest BCUT2D eigenvalue weighted by atomic mass is 9.79. The molecule has 0 aliphatic heterocycles. The second-order valence-electron chi connectivity index (χ2n) is 5.13. The fourth-order valence-corrected chi connectivity index (χ4v) is 2.11. The van der Waals surface area contributed by atoms with Crippen LogP contribution in [0.3, 0.4) is 0 Å². The molecule has 0 saturated heterocycles. The van der Waals surface area contributed by atoms with Gasteiger partial charge in [-0.3, -0.25) is 0 Å². The topological polar surface area (TPSA) is 49.7 Å². The molecule has 2 aromatic carbocycles. The summed E-state index contributed by atoms with van der Waals surface area (Å²) in [6.07, 6.45) is 0. The molecule has 0 saturated carbocycles. The highest BCUT2D eigenvalue weighted by atomic mass is 16.5. The van der Waals surface area contributed by atoms with Crippen molar-refractivity contribution in [1.29, 1.82) is 0 Å². The Hall–Kier alpha value is -1.78. The average molecular weight is 270 g/mol. The largest absolute Gasteiger partial charge is 0.492 e. The minimum atomic E-state index is -1.52. The van der Waals surface area contributed by atoms with Gasteiger partial charge >= 0.3 is 7.12 Å². The van der Waals surface area contributed by atoms with E-state index in [0.29, 0.717) is 17.8 Å². The molecule has 0 unspecified atom stereocenters. The van der Waals surface area contributed by atoms with Crippen molar-refractivity contribution in [2.75, 3.05) is 0 Å². The van der Waals surface area contributed by atoms with E-state index < -0.39 is 7.12 Å². The third kappa shape index (κ3) is 3.41. The standard InChI is InChI=1S/C16H19BO3/c1-11-4-6-13(3)14(8-11)10-20-16-7-5-12(2)9-15(16)17(18)19/h4-9,18-19H,10H2,1-3H3. The van der Waals surface area contributed by atoms with Crippen LogP contribution in [0, 0.1) is 20.8 Å². The number of ether oxygens (including phenoxy) is 1. The van der Waals surface area contributed by atoms with Gasteiger partial charge in [-0.05, 0) is 38.0 Å². The Morgan fingerprint density at radius 3 is 2.30 bits per heavy atom. The molecular formula is C16H19BO3. The SMILES string of the molecule is Cc1ccc(C)c(COc2ccc(C)cc2B(O)O)c1. The van der Waals surface area contributed by atoms with E-state index in [1.165, 1.54) is 5.56 Å². The average Bonchev–Trinajstić information content (AvgIpc) is 2.40. The van der Waals surface area contributed by atoms with E-state index in [9.17, 15) is 10.0 Å². The van der Waals surface area contributed by atoms with Gasteiger partial charge in [0, 0.05) is 5.46 Å². The zero-order chi connectivity index (χ0) is 14.7.